The predicted molar refractivity (Wildman–Crippen MR) is 71.5 cm³/mol. The van der Waals surface area contributed by atoms with Crippen molar-refractivity contribution in [2.75, 3.05) is 6.54 Å². The maximum Gasteiger partial charge on any atom is 0.0322 e. The van der Waals surface area contributed by atoms with Gasteiger partial charge in [0.25, 0.3) is 0 Å². The molecule has 0 saturated carbocycles. The summed E-state index contributed by atoms with van der Waals surface area (Å²) in [6.45, 7) is 7.94. The lowest BCUT2D eigenvalue weighted by molar-refractivity contribution is 0.426. The van der Waals surface area contributed by atoms with E-state index in [0.29, 0.717) is 6.04 Å². The molecule has 0 aliphatic carbocycles. The van der Waals surface area contributed by atoms with Crippen molar-refractivity contribution in [1.82, 2.24) is 5.32 Å². The Morgan fingerprint density at radius 1 is 1.12 bits per heavy atom. The molecule has 1 heteroatoms. The highest BCUT2D eigenvalue weighted by Crippen LogP contribution is 2.20. The molecule has 0 saturated heterocycles. The fourth-order valence-corrected chi connectivity index (χ4v) is 1.95. The molecule has 1 nitrogen and oxygen atoms in total. The van der Waals surface area contributed by atoms with Gasteiger partial charge in [0, 0.05) is 6.04 Å². The summed E-state index contributed by atoms with van der Waals surface area (Å²) in [4.78, 5) is 0. The van der Waals surface area contributed by atoms with Crippen LogP contribution in [0.1, 0.15) is 51.6 Å². The van der Waals surface area contributed by atoms with E-state index in [1.165, 1.54) is 24.8 Å². The highest BCUT2D eigenvalue weighted by atomic mass is 14.9. The van der Waals surface area contributed by atoms with Gasteiger partial charge in [0.05, 0.1) is 0 Å². The van der Waals surface area contributed by atoms with Crippen LogP contribution >= 0.6 is 0 Å². The Bertz CT molecular complexity index is 266. The number of benzene rings is 1. The van der Waals surface area contributed by atoms with Crippen LogP contribution in [-0.2, 0) is 0 Å². The molecule has 90 valence electrons. The molecule has 1 aromatic rings. The van der Waals surface area contributed by atoms with Gasteiger partial charge in [-0.05, 0) is 30.9 Å². The third-order valence-corrected chi connectivity index (χ3v) is 2.83. The van der Waals surface area contributed by atoms with Crippen LogP contribution in [0.4, 0.5) is 0 Å². The zero-order valence-electron chi connectivity index (χ0n) is 10.9. The van der Waals surface area contributed by atoms with Gasteiger partial charge in [-0.15, -0.1) is 0 Å². The summed E-state index contributed by atoms with van der Waals surface area (Å²) >= 11 is 0. The minimum Gasteiger partial charge on any atom is -0.310 e. The average molecular weight is 219 g/mol. The Hall–Kier alpha value is -0.820. The van der Waals surface area contributed by atoms with Gasteiger partial charge in [-0.3, -0.25) is 0 Å². The molecule has 0 spiro atoms. The van der Waals surface area contributed by atoms with Crippen molar-refractivity contribution in [1.29, 1.82) is 0 Å². The summed E-state index contributed by atoms with van der Waals surface area (Å²) in [5, 5.41) is 3.67. The van der Waals surface area contributed by atoms with Crippen molar-refractivity contribution in [2.45, 2.75) is 46.1 Å². The predicted octanol–water partition coefficient (Wildman–Crippen LogP) is 4.16. The summed E-state index contributed by atoms with van der Waals surface area (Å²) in [5.41, 5.74) is 1.42. The normalized spacial score (nSPS) is 13.0. The average Bonchev–Trinajstić information content (AvgIpc) is 2.29. The maximum absolute atomic E-state index is 3.67. The summed E-state index contributed by atoms with van der Waals surface area (Å²) in [5.74, 6) is 0.735. The summed E-state index contributed by atoms with van der Waals surface area (Å²) in [7, 11) is 0. The van der Waals surface area contributed by atoms with Crippen LogP contribution in [-0.4, -0.2) is 6.54 Å². The molecule has 1 unspecified atom stereocenters. The fourth-order valence-electron chi connectivity index (χ4n) is 1.95. The molecule has 0 radical (unpaired) electrons. The quantitative estimate of drug-likeness (QED) is 0.679. The number of rotatable bonds is 7. The Balaban J connectivity index is 2.56. The van der Waals surface area contributed by atoms with E-state index in [1.807, 2.05) is 0 Å². The van der Waals surface area contributed by atoms with Gasteiger partial charge in [0.15, 0.2) is 0 Å². The first-order valence-corrected chi connectivity index (χ1v) is 6.52. The third kappa shape index (κ3) is 4.80. The van der Waals surface area contributed by atoms with E-state index in [4.69, 9.17) is 0 Å². The Morgan fingerprint density at radius 3 is 2.38 bits per heavy atom. The molecule has 1 atom stereocenters. The second kappa shape index (κ2) is 7.45. The second-order valence-corrected chi connectivity index (χ2v) is 4.90. The second-order valence-electron chi connectivity index (χ2n) is 4.90. The smallest absolute Gasteiger partial charge is 0.0322 e. The molecule has 0 fully saturated rings. The topological polar surface area (TPSA) is 12.0 Å². The van der Waals surface area contributed by atoms with Crippen molar-refractivity contribution < 1.29 is 0 Å². The van der Waals surface area contributed by atoms with Crippen molar-refractivity contribution in [3.05, 3.63) is 35.9 Å². The first-order chi connectivity index (χ1) is 7.74. The Labute approximate surface area is 100 Å². The van der Waals surface area contributed by atoms with Gasteiger partial charge in [-0.2, -0.15) is 0 Å². The first kappa shape index (κ1) is 13.2. The molecule has 0 aliphatic heterocycles. The molecule has 1 aromatic carbocycles. The molecule has 1 rings (SSSR count). The monoisotopic (exact) mass is 219 g/mol. The van der Waals surface area contributed by atoms with Crippen LogP contribution in [0.2, 0.25) is 0 Å². The van der Waals surface area contributed by atoms with Crippen LogP contribution in [0.25, 0.3) is 0 Å². The number of unbranched alkanes of at least 4 members (excludes halogenated alkanes) is 1. The summed E-state index contributed by atoms with van der Waals surface area (Å²) in [6.07, 6.45) is 3.74. The minimum absolute atomic E-state index is 0.521. The molecule has 0 aromatic heterocycles. The lowest BCUT2D eigenvalue weighted by atomic mass is 9.97. The first-order valence-electron chi connectivity index (χ1n) is 6.52. The summed E-state index contributed by atoms with van der Waals surface area (Å²) < 4.78 is 0. The van der Waals surface area contributed by atoms with Crippen LogP contribution < -0.4 is 5.32 Å². The van der Waals surface area contributed by atoms with Crippen LogP contribution in [0.3, 0.4) is 0 Å². The highest BCUT2D eigenvalue weighted by Gasteiger charge is 2.11. The van der Waals surface area contributed by atoms with Gasteiger partial charge in [-0.1, -0.05) is 57.5 Å². The SMILES string of the molecule is CCCCNC(CC(C)C)c1ccccc1. The van der Waals surface area contributed by atoms with E-state index in [1.54, 1.807) is 0 Å². The van der Waals surface area contributed by atoms with E-state index in [9.17, 15) is 0 Å². The Kier molecular flexibility index (Phi) is 6.17. The van der Waals surface area contributed by atoms with Gasteiger partial charge >= 0.3 is 0 Å². The Morgan fingerprint density at radius 2 is 1.81 bits per heavy atom. The zero-order valence-corrected chi connectivity index (χ0v) is 10.9. The molecule has 0 aliphatic rings. The zero-order chi connectivity index (χ0) is 11.8. The largest absolute Gasteiger partial charge is 0.310 e. The van der Waals surface area contributed by atoms with Crippen molar-refractivity contribution in [2.24, 2.45) is 5.92 Å². The van der Waals surface area contributed by atoms with E-state index in [-0.39, 0.29) is 0 Å². The van der Waals surface area contributed by atoms with E-state index in [0.717, 1.165) is 12.5 Å². The number of hydrogen-bond donors (Lipinski definition) is 1. The maximum atomic E-state index is 3.67. The molecule has 0 bridgehead atoms. The minimum atomic E-state index is 0.521. The molecule has 1 N–H and O–H groups in total. The molecular formula is C15H25N. The molecule has 0 heterocycles. The lowest BCUT2D eigenvalue weighted by Gasteiger charge is -2.21. The third-order valence-electron chi connectivity index (χ3n) is 2.83. The number of nitrogens with one attached hydrogen (secondary N) is 1. The lowest BCUT2D eigenvalue weighted by Crippen LogP contribution is -2.23. The van der Waals surface area contributed by atoms with Gasteiger partial charge < -0.3 is 5.32 Å². The van der Waals surface area contributed by atoms with E-state index >= 15 is 0 Å². The van der Waals surface area contributed by atoms with E-state index < -0.39 is 0 Å². The van der Waals surface area contributed by atoms with Crippen LogP contribution in [0.5, 0.6) is 0 Å². The van der Waals surface area contributed by atoms with Crippen molar-refractivity contribution in [3.8, 4) is 0 Å². The molecule has 0 amide bonds. The molecular weight excluding hydrogens is 194 g/mol. The van der Waals surface area contributed by atoms with Crippen LogP contribution in [0, 0.1) is 5.92 Å². The standard InChI is InChI=1S/C15H25N/c1-4-5-11-16-15(12-13(2)3)14-9-7-6-8-10-14/h6-10,13,15-16H,4-5,11-12H2,1-3H3. The van der Waals surface area contributed by atoms with Gasteiger partial charge in [-0.25, -0.2) is 0 Å². The fraction of sp³-hybridized carbons (Fsp3) is 0.600. The van der Waals surface area contributed by atoms with E-state index in [2.05, 4.69) is 56.4 Å². The van der Waals surface area contributed by atoms with Crippen LogP contribution in [0.15, 0.2) is 30.3 Å². The van der Waals surface area contributed by atoms with Crippen molar-refractivity contribution in [3.63, 3.8) is 0 Å². The molecule has 16 heavy (non-hydrogen) atoms. The number of hydrogen-bond acceptors (Lipinski definition) is 1. The van der Waals surface area contributed by atoms with Gasteiger partial charge in [0.1, 0.15) is 0 Å². The van der Waals surface area contributed by atoms with Crippen molar-refractivity contribution >= 4 is 0 Å². The highest BCUT2D eigenvalue weighted by molar-refractivity contribution is 5.18. The summed E-state index contributed by atoms with van der Waals surface area (Å²) in [6, 6.07) is 11.3. The van der Waals surface area contributed by atoms with Gasteiger partial charge in [0.2, 0.25) is 0 Å².